The van der Waals surface area contributed by atoms with Gasteiger partial charge in [-0.3, -0.25) is 14.5 Å². The minimum Gasteiger partial charge on any atom is -0.294 e. The number of aryl methyl sites for hydroxylation is 2. The molecule has 4 heteroatoms. The number of benzene rings is 3. The fourth-order valence-electron chi connectivity index (χ4n) is 5.26. The van der Waals surface area contributed by atoms with Crippen molar-refractivity contribution >= 4 is 17.4 Å². The van der Waals surface area contributed by atoms with Gasteiger partial charge in [0.05, 0.1) is 5.69 Å². The van der Waals surface area contributed by atoms with Crippen molar-refractivity contribution in [3.8, 4) is 0 Å². The SMILES string of the molecule is Cc1ccc(C)c(N2C(=O)CC(c3ccccc3F)C3=C2CC(c2ccccc2)CC3=O)c1. The molecule has 1 aliphatic carbocycles. The zero-order valence-corrected chi connectivity index (χ0v) is 18.8. The number of ketones is 1. The highest BCUT2D eigenvalue weighted by atomic mass is 19.1. The van der Waals surface area contributed by atoms with Crippen molar-refractivity contribution < 1.29 is 14.0 Å². The van der Waals surface area contributed by atoms with Crippen LogP contribution in [0.2, 0.25) is 0 Å². The predicted octanol–water partition coefficient (Wildman–Crippen LogP) is 6.36. The molecule has 3 nitrogen and oxygen atoms in total. The Morgan fingerprint density at radius 3 is 2.33 bits per heavy atom. The molecule has 0 spiro atoms. The van der Waals surface area contributed by atoms with E-state index in [1.54, 1.807) is 23.1 Å². The Balaban J connectivity index is 1.70. The van der Waals surface area contributed by atoms with Gasteiger partial charge in [-0.15, -0.1) is 0 Å². The van der Waals surface area contributed by atoms with E-state index in [9.17, 15) is 14.0 Å². The standard InChI is InChI=1S/C29H26FNO2/c1-18-12-13-19(2)25(14-18)31-26-15-21(20-8-4-3-5-9-20)16-27(32)29(26)23(17-28(31)33)22-10-6-7-11-24(22)30/h3-14,21,23H,15-17H2,1-2H3. The van der Waals surface area contributed by atoms with E-state index in [0.717, 1.165) is 28.1 Å². The largest absolute Gasteiger partial charge is 0.294 e. The summed E-state index contributed by atoms with van der Waals surface area (Å²) in [7, 11) is 0. The highest BCUT2D eigenvalue weighted by molar-refractivity contribution is 6.08. The summed E-state index contributed by atoms with van der Waals surface area (Å²) in [5, 5.41) is 0. The first-order valence-electron chi connectivity index (χ1n) is 11.4. The highest BCUT2D eigenvalue weighted by Crippen LogP contribution is 2.47. The molecule has 2 atom stereocenters. The van der Waals surface area contributed by atoms with Crippen LogP contribution in [0.15, 0.2) is 84.1 Å². The number of rotatable bonds is 3. The van der Waals surface area contributed by atoms with Crippen LogP contribution >= 0.6 is 0 Å². The molecule has 0 bridgehead atoms. The maximum Gasteiger partial charge on any atom is 0.232 e. The summed E-state index contributed by atoms with van der Waals surface area (Å²) in [5.74, 6) is -1.05. The van der Waals surface area contributed by atoms with Crippen LogP contribution in [0.3, 0.4) is 0 Å². The Bertz CT molecular complexity index is 1280. The second-order valence-corrected chi connectivity index (χ2v) is 9.10. The van der Waals surface area contributed by atoms with Crippen LogP contribution in [0, 0.1) is 19.7 Å². The molecule has 3 aromatic carbocycles. The molecule has 0 fully saturated rings. The van der Waals surface area contributed by atoms with E-state index in [-0.39, 0.29) is 29.8 Å². The molecule has 1 heterocycles. The summed E-state index contributed by atoms with van der Waals surface area (Å²) in [5.41, 5.74) is 5.64. The van der Waals surface area contributed by atoms with Gasteiger partial charge in [0.25, 0.3) is 0 Å². The first-order valence-corrected chi connectivity index (χ1v) is 11.4. The summed E-state index contributed by atoms with van der Waals surface area (Å²) in [6.45, 7) is 3.97. The van der Waals surface area contributed by atoms with Crippen molar-refractivity contribution in [2.24, 2.45) is 0 Å². The van der Waals surface area contributed by atoms with Gasteiger partial charge >= 0.3 is 0 Å². The zero-order valence-electron chi connectivity index (χ0n) is 18.8. The van der Waals surface area contributed by atoms with Crippen molar-refractivity contribution in [1.29, 1.82) is 0 Å². The molecule has 1 amide bonds. The Hall–Kier alpha value is -3.53. The predicted molar refractivity (Wildman–Crippen MR) is 128 cm³/mol. The number of amides is 1. The van der Waals surface area contributed by atoms with Crippen LogP contribution in [0.25, 0.3) is 0 Å². The summed E-state index contributed by atoms with van der Waals surface area (Å²) in [4.78, 5) is 29.0. The molecule has 166 valence electrons. The molecule has 33 heavy (non-hydrogen) atoms. The number of allylic oxidation sites excluding steroid dienone is 2. The molecule has 2 aliphatic rings. The van der Waals surface area contributed by atoms with Gasteiger partial charge in [-0.25, -0.2) is 4.39 Å². The van der Waals surface area contributed by atoms with Crippen molar-refractivity contribution in [3.05, 3.63) is 112 Å². The molecular weight excluding hydrogens is 413 g/mol. The lowest BCUT2D eigenvalue weighted by atomic mass is 9.72. The van der Waals surface area contributed by atoms with E-state index in [2.05, 4.69) is 0 Å². The van der Waals surface area contributed by atoms with E-state index in [1.165, 1.54) is 6.07 Å². The minimum absolute atomic E-state index is 0.00108. The number of hydrogen-bond acceptors (Lipinski definition) is 2. The normalized spacial score (nSPS) is 20.8. The monoisotopic (exact) mass is 439 g/mol. The Morgan fingerprint density at radius 1 is 0.848 bits per heavy atom. The second kappa shape index (κ2) is 8.43. The quantitative estimate of drug-likeness (QED) is 0.476. The molecule has 0 radical (unpaired) electrons. The van der Waals surface area contributed by atoms with E-state index >= 15 is 0 Å². The maximum atomic E-state index is 14.8. The van der Waals surface area contributed by atoms with Crippen molar-refractivity contribution in [3.63, 3.8) is 0 Å². The van der Waals surface area contributed by atoms with Crippen LogP contribution in [0.4, 0.5) is 10.1 Å². The Morgan fingerprint density at radius 2 is 1.58 bits per heavy atom. The van der Waals surface area contributed by atoms with Gasteiger partial charge < -0.3 is 0 Å². The molecule has 0 saturated carbocycles. The summed E-state index contributed by atoms with van der Waals surface area (Å²) in [6.07, 6.45) is 1.01. The number of Topliss-reactive ketones (excluding diaryl/α,β-unsaturated/α-hetero) is 1. The topological polar surface area (TPSA) is 37.4 Å². The first kappa shape index (κ1) is 21.3. The lowest BCUT2D eigenvalue weighted by molar-refractivity contribution is -0.120. The van der Waals surface area contributed by atoms with Gasteiger partial charge in [-0.05, 0) is 60.6 Å². The van der Waals surface area contributed by atoms with Crippen molar-refractivity contribution in [2.75, 3.05) is 4.90 Å². The number of anilines is 1. The summed E-state index contributed by atoms with van der Waals surface area (Å²) >= 11 is 0. The van der Waals surface area contributed by atoms with E-state index in [1.807, 2.05) is 62.4 Å². The van der Waals surface area contributed by atoms with Crippen LogP contribution in [0.1, 0.15) is 53.4 Å². The van der Waals surface area contributed by atoms with Crippen LogP contribution in [-0.2, 0) is 9.59 Å². The van der Waals surface area contributed by atoms with Gasteiger partial charge in [0.15, 0.2) is 5.78 Å². The van der Waals surface area contributed by atoms with Crippen LogP contribution in [0.5, 0.6) is 0 Å². The minimum atomic E-state index is -0.556. The lowest BCUT2D eigenvalue weighted by Gasteiger charge is -2.41. The van der Waals surface area contributed by atoms with Gasteiger partial charge in [0.1, 0.15) is 5.82 Å². The smallest absolute Gasteiger partial charge is 0.232 e. The molecule has 0 aromatic heterocycles. The molecule has 5 rings (SSSR count). The third-order valence-corrected chi connectivity index (χ3v) is 6.89. The third kappa shape index (κ3) is 3.80. The third-order valence-electron chi connectivity index (χ3n) is 6.89. The second-order valence-electron chi connectivity index (χ2n) is 9.10. The van der Waals surface area contributed by atoms with E-state index in [4.69, 9.17) is 0 Å². The Kier molecular flexibility index (Phi) is 5.45. The van der Waals surface area contributed by atoms with Gasteiger partial charge in [-0.1, -0.05) is 60.7 Å². The summed E-state index contributed by atoms with van der Waals surface area (Å²) < 4.78 is 14.8. The number of nitrogens with zero attached hydrogens (tertiary/aromatic N) is 1. The number of carbonyl (C=O) groups is 2. The van der Waals surface area contributed by atoms with Crippen LogP contribution in [-0.4, -0.2) is 11.7 Å². The zero-order chi connectivity index (χ0) is 23.1. The highest BCUT2D eigenvalue weighted by Gasteiger charge is 2.43. The average molecular weight is 440 g/mol. The van der Waals surface area contributed by atoms with Gasteiger partial charge in [0.2, 0.25) is 5.91 Å². The number of hydrogen-bond donors (Lipinski definition) is 0. The van der Waals surface area contributed by atoms with Crippen molar-refractivity contribution in [1.82, 2.24) is 0 Å². The van der Waals surface area contributed by atoms with Crippen LogP contribution < -0.4 is 4.90 Å². The van der Waals surface area contributed by atoms with Gasteiger partial charge in [-0.2, -0.15) is 0 Å². The molecule has 3 aromatic rings. The molecular formula is C29H26FNO2. The molecule has 0 N–H and O–H groups in total. The number of halogens is 1. The fourth-order valence-corrected chi connectivity index (χ4v) is 5.26. The average Bonchev–Trinajstić information content (AvgIpc) is 2.81. The number of carbonyl (C=O) groups excluding carboxylic acids is 2. The fraction of sp³-hybridized carbons (Fsp3) is 0.241. The summed E-state index contributed by atoms with van der Waals surface area (Å²) in [6, 6.07) is 22.5. The van der Waals surface area contributed by atoms with E-state index in [0.29, 0.717) is 24.0 Å². The Labute approximate surface area is 193 Å². The maximum absolute atomic E-state index is 14.8. The lowest BCUT2D eigenvalue weighted by Crippen LogP contribution is -2.42. The molecule has 2 unspecified atom stereocenters. The molecule has 1 aliphatic heterocycles. The van der Waals surface area contributed by atoms with E-state index < -0.39 is 5.92 Å². The first-order chi connectivity index (χ1) is 15.9. The van der Waals surface area contributed by atoms with Crippen molar-refractivity contribution in [2.45, 2.75) is 44.9 Å². The van der Waals surface area contributed by atoms with Gasteiger partial charge in [0, 0.05) is 30.0 Å². The molecule has 0 saturated heterocycles.